The summed E-state index contributed by atoms with van der Waals surface area (Å²) < 4.78 is 5.26. The van der Waals surface area contributed by atoms with Crippen LogP contribution in [-0.4, -0.2) is 31.6 Å². The molecule has 0 aromatic heterocycles. The van der Waals surface area contributed by atoms with Crippen LogP contribution in [0.4, 0.5) is 0 Å². The normalized spacial score (nSPS) is 12.2. The first kappa shape index (κ1) is 15.8. The first-order valence-electron chi connectivity index (χ1n) is 6.35. The maximum Gasteiger partial charge on any atom is 0.121 e. The third-order valence-corrected chi connectivity index (χ3v) is 3.36. The van der Waals surface area contributed by atoms with E-state index in [0.29, 0.717) is 0 Å². The highest BCUT2D eigenvalue weighted by Crippen LogP contribution is 2.26. The van der Waals surface area contributed by atoms with E-state index in [1.54, 1.807) is 7.11 Å². The van der Waals surface area contributed by atoms with Gasteiger partial charge in [0.15, 0.2) is 0 Å². The molecule has 0 saturated carbocycles. The van der Waals surface area contributed by atoms with Gasteiger partial charge in [0.2, 0.25) is 0 Å². The molecule has 0 saturated heterocycles. The second kappa shape index (κ2) is 8.03. The Labute approximate surface area is 121 Å². The molecule has 1 atom stereocenters. The predicted molar refractivity (Wildman–Crippen MR) is 83.2 cm³/mol. The van der Waals surface area contributed by atoms with Crippen molar-refractivity contribution < 1.29 is 4.74 Å². The van der Waals surface area contributed by atoms with Crippen molar-refractivity contribution in [3.63, 3.8) is 0 Å². The smallest absolute Gasteiger partial charge is 0.121 e. The van der Waals surface area contributed by atoms with E-state index >= 15 is 0 Å². The number of aryl methyl sites for hydroxylation is 1. The van der Waals surface area contributed by atoms with Crippen molar-refractivity contribution >= 4 is 11.6 Å². The van der Waals surface area contributed by atoms with Gasteiger partial charge in [-0.3, -0.25) is 4.90 Å². The van der Waals surface area contributed by atoms with E-state index in [1.807, 2.05) is 31.2 Å². The molecule has 1 aromatic carbocycles. The highest BCUT2D eigenvalue weighted by atomic mass is 35.5. The van der Waals surface area contributed by atoms with E-state index in [1.165, 1.54) is 0 Å². The van der Waals surface area contributed by atoms with Crippen molar-refractivity contribution in [1.29, 1.82) is 0 Å². The molecule has 1 aromatic rings. The van der Waals surface area contributed by atoms with E-state index in [2.05, 4.69) is 24.1 Å². The highest BCUT2D eigenvalue weighted by molar-refractivity contribution is 6.21. The van der Waals surface area contributed by atoms with Crippen LogP contribution in [0.25, 0.3) is 0 Å². The Balaban J connectivity index is 2.75. The second-order valence-electron chi connectivity index (χ2n) is 4.49. The van der Waals surface area contributed by atoms with Gasteiger partial charge >= 0.3 is 0 Å². The van der Waals surface area contributed by atoms with Crippen LogP contribution in [0, 0.1) is 6.92 Å². The molecular formula is C16H22ClNO. The number of methoxy groups -OCH3 is 1. The molecule has 1 rings (SSSR count). The van der Waals surface area contributed by atoms with Gasteiger partial charge in [-0.15, -0.1) is 24.8 Å². The predicted octanol–water partition coefficient (Wildman–Crippen LogP) is 3.96. The molecule has 0 spiro atoms. The Kier molecular flexibility index (Phi) is 6.68. The molecule has 0 fully saturated rings. The summed E-state index contributed by atoms with van der Waals surface area (Å²) >= 11 is 6.49. The molecule has 104 valence electrons. The van der Waals surface area contributed by atoms with Gasteiger partial charge in [-0.2, -0.15) is 0 Å². The summed E-state index contributed by atoms with van der Waals surface area (Å²) in [6.45, 7) is 11.9. The van der Waals surface area contributed by atoms with Crippen LogP contribution in [-0.2, 0) is 0 Å². The zero-order valence-electron chi connectivity index (χ0n) is 11.7. The average Bonchev–Trinajstić information content (AvgIpc) is 2.39. The monoisotopic (exact) mass is 279 g/mol. The summed E-state index contributed by atoms with van der Waals surface area (Å²) in [5, 5.41) is -0.0514. The summed E-state index contributed by atoms with van der Waals surface area (Å²) in [7, 11) is 1.68. The van der Waals surface area contributed by atoms with Crippen LogP contribution in [0.3, 0.4) is 0 Å². The average molecular weight is 280 g/mol. The third-order valence-electron chi connectivity index (χ3n) is 2.97. The number of rotatable bonds is 8. The molecule has 1 unspecified atom stereocenters. The molecular weight excluding hydrogens is 258 g/mol. The summed E-state index contributed by atoms with van der Waals surface area (Å²) in [6, 6.07) is 6.06. The number of nitrogens with zero attached hydrogens (tertiary/aromatic N) is 1. The number of benzene rings is 1. The highest BCUT2D eigenvalue weighted by Gasteiger charge is 2.13. The molecule has 19 heavy (non-hydrogen) atoms. The van der Waals surface area contributed by atoms with E-state index in [0.717, 1.165) is 36.5 Å². The van der Waals surface area contributed by atoms with Gasteiger partial charge in [0.1, 0.15) is 5.75 Å². The van der Waals surface area contributed by atoms with E-state index in [9.17, 15) is 0 Å². The van der Waals surface area contributed by atoms with Crippen LogP contribution in [0.5, 0.6) is 5.75 Å². The number of ether oxygens (including phenoxy) is 1. The standard InChI is InChI=1S/C16H22ClNO/c1-5-9-18(10-6-2)12-15(17)14-7-8-16(19-4)13(3)11-14/h5-8,11,15H,1-2,9-10,12H2,3-4H3. The summed E-state index contributed by atoms with van der Waals surface area (Å²) in [6.07, 6.45) is 3.76. The first-order chi connectivity index (χ1) is 9.12. The molecule has 0 aliphatic carbocycles. The molecule has 0 bridgehead atoms. The number of halogens is 1. The van der Waals surface area contributed by atoms with Crippen molar-refractivity contribution in [1.82, 2.24) is 4.90 Å². The lowest BCUT2D eigenvalue weighted by Gasteiger charge is -2.22. The SMILES string of the molecule is C=CCN(CC=C)CC(Cl)c1ccc(OC)c(C)c1. The summed E-state index contributed by atoms with van der Waals surface area (Å²) in [4.78, 5) is 2.21. The molecule has 0 aliphatic heterocycles. The van der Waals surface area contributed by atoms with Crippen molar-refractivity contribution in [2.45, 2.75) is 12.3 Å². The minimum absolute atomic E-state index is 0.0514. The minimum atomic E-state index is -0.0514. The molecule has 0 heterocycles. The molecule has 0 amide bonds. The quantitative estimate of drug-likeness (QED) is 0.528. The Bertz CT molecular complexity index is 421. The van der Waals surface area contributed by atoms with Gasteiger partial charge in [0, 0.05) is 19.6 Å². The fraction of sp³-hybridized carbons (Fsp3) is 0.375. The molecule has 2 nitrogen and oxygen atoms in total. The molecule has 3 heteroatoms. The zero-order chi connectivity index (χ0) is 14.3. The Morgan fingerprint density at radius 3 is 2.42 bits per heavy atom. The summed E-state index contributed by atoms with van der Waals surface area (Å²) in [5.74, 6) is 0.890. The number of hydrogen-bond donors (Lipinski definition) is 0. The molecule has 0 radical (unpaired) electrons. The molecule has 0 aliphatic rings. The van der Waals surface area contributed by atoms with Gasteiger partial charge < -0.3 is 4.74 Å². The minimum Gasteiger partial charge on any atom is -0.496 e. The van der Waals surface area contributed by atoms with E-state index < -0.39 is 0 Å². The van der Waals surface area contributed by atoms with Crippen LogP contribution in [0.1, 0.15) is 16.5 Å². The van der Waals surface area contributed by atoms with Gasteiger partial charge in [-0.25, -0.2) is 0 Å². The van der Waals surface area contributed by atoms with Crippen molar-refractivity contribution in [3.8, 4) is 5.75 Å². The van der Waals surface area contributed by atoms with Gasteiger partial charge in [-0.1, -0.05) is 24.3 Å². The lowest BCUT2D eigenvalue weighted by molar-refractivity contribution is 0.335. The Hall–Kier alpha value is -1.25. The van der Waals surface area contributed by atoms with Crippen LogP contribution in [0.15, 0.2) is 43.5 Å². The lowest BCUT2D eigenvalue weighted by Crippen LogP contribution is -2.27. The zero-order valence-corrected chi connectivity index (χ0v) is 12.5. The lowest BCUT2D eigenvalue weighted by atomic mass is 10.1. The fourth-order valence-electron chi connectivity index (χ4n) is 2.02. The third kappa shape index (κ3) is 4.73. The Morgan fingerprint density at radius 1 is 1.32 bits per heavy atom. The van der Waals surface area contributed by atoms with Crippen molar-refractivity contribution in [2.24, 2.45) is 0 Å². The maximum absolute atomic E-state index is 6.49. The van der Waals surface area contributed by atoms with E-state index in [-0.39, 0.29) is 5.38 Å². The fourth-order valence-corrected chi connectivity index (χ4v) is 2.35. The van der Waals surface area contributed by atoms with Crippen LogP contribution < -0.4 is 4.74 Å². The topological polar surface area (TPSA) is 12.5 Å². The largest absolute Gasteiger partial charge is 0.496 e. The second-order valence-corrected chi connectivity index (χ2v) is 5.02. The number of hydrogen-bond acceptors (Lipinski definition) is 2. The Morgan fingerprint density at radius 2 is 1.95 bits per heavy atom. The van der Waals surface area contributed by atoms with Crippen LogP contribution in [0.2, 0.25) is 0 Å². The van der Waals surface area contributed by atoms with Gasteiger partial charge in [-0.05, 0) is 24.1 Å². The number of alkyl halides is 1. The van der Waals surface area contributed by atoms with Crippen LogP contribution >= 0.6 is 11.6 Å². The van der Waals surface area contributed by atoms with Gasteiger partial charge in [0.05, 0.1) is 12.5 Å². The molecule has 0 N–H and O–H groups in total. The van der Waals surface area contributed by atoms with Gasteiger partial charge in [0.25, 0.3) is 0 Å². The van der Waals surface area contributed by atoms with Crippen molar-refractivity contribution in [2.75, 3.05) is 26.7 Å². The first-order valence-corrected chi connectivity index (χ1v) is 6.78. The van der Waals surface area contributed by atoms with Crippen molar-refractivity contribution in [3.05, 3.63) is 54.6 Å². The van der Waals surface area contributed by atoms with E-state index in [4.69, 9.17) is 16.3 Å². The maximum atomic E-state index is 6.49. The summed E-state index contributed by atoms with van der Waals surface area (Å²) in [5.41, 5.74) is 2.21.